The zero-order valence-electron chi connectivity index (χ0n) is 15.2. The van der Waals surface area contributed by atoms with Crippen molar-refractivity contribution in [2.24, 2.45) is 5.92 Å². The number of benzene rings is 2. The van der Waals surface area contributed by atoms with E-state index in [0.29, 0.717) is 11.8 Å². The number of hydrogen-bond acceptors (Lipinski definition) is 3. The summed E-state index contributed by atoms with van der Waals surface area (Å²) in [5.41, 5.74) is 1.36. The maximum atomic E-state index is 13.9. The molecule has 2 aromatic rings. The first kappa shape index (κ1) is 19.5. The van der Waals surface area contributed by atoms with E-state index in [0.717, 1.165) is 16.5 Å². The van der Waals surface area contributed by atoms with Crippen LogP contribution < -0.4 is 15.5 Å². The molecule has 0 spiro atoms. The maximum absolute atomic E-state index is 13.9. The molecule has 1 fully saturated rings. The molecule has 0 bridgehead atoms. The summed E-state index contributed by atoms with van der Waals surface area (Å²) in [4.78, 5) is 36.9. The van der Waals surface area contributed by atoms with Crippen molar-refractivity contribution < 1.29 is 23.2 Å². The van der Waals surface area contributed by atoms with E-state index < -0.39 is 23.5 Å². The Morgan fingerprint density at radius 2 is 1.96 bits per heavy atom. The summed E-state index contributed by atoms with van der Waals surface area (Å²) in [5, 5.41) is 5.42. The molecular weight excluding hydrogens is 368 g/mol. The van der Waals surface area contributed by atoms with Crippen molar-refractivity contribution in [2.75, 3.05) is 16.8 Å². The Kier molecular flexibility index (Phi) is 5.67. The molecule has 2 N–H and O–H groups in total. The quantitative estimate of drug-likeness (QED) is 0.828. The predicted molar refractivity (Wildman–Crippen MR) is 99.4 cm³/mol. The highest BCUT2D eigenvalue weighted by atomic mass is 19.1. The Morgan fingerprint density at radius 1 is 1.18 bits per heavy atom. The minimum atomic E-state index is -0.843. The van der Waals surface area contributed by atoms with E-state index in [-0.39, 0.29) is 37.0 Å². The molecule has 3 rings (SSSR count). The number of rotatable bonds is 5. The molecule has 0 aliphatic carbocycles. The van der Waals surface area contributed by atoms with Gasteiger partial charge in [0, 0.05) is 38.2 Å². The lowest BCUT2D eigenvalue weighted by Gasteiger charge is -2.17. The predicted octanol–water partition coefficient (Wildman–Crippen LogP) is 2.59. The van der Waals surface area contributed by atoms with Gasteiger partial charge in [-0.2, -0.15) is 0 Å². The molecule has 2 aromatic carbocycles. The molecule has 1 unspecified atom stereocenters. The smallest absolute Gasteiger partial charge is 0.227 e. The highest BCUT2D eigenvalue weighted by Gasteiger charge is 2.36. The van der Waals surface area contributed by atoms with Crippen molar-refractivity contribution in [3.8, 4) is 0 Å². The van der Waals surface area contributed by atoms with Crippen LogP contribution in [0, 0.1) is 17.6 Å². The normalized spacial score (nSPS) is 16.2. The van der Waals surface area contributed by atoms with Crippen molar-refractivity contribution in [3.63, 3.8) is 0 Å². The standard InChI is InChI=1S/C20H19F2N3O3/c1-12(26)24-16-4-2-3-13(7-16)10-23-20(28)14-8-19(27)25(11-14)18-6-5-15(21)9-17(18)22/h2-7,9,14H,8,10-11H2,1H3,(H,23,28)(H,24,26). The summed E-state index contributed by atoms with van der Waals surface area (Å²) in [5.74, 6) is -3.12. The zero-order valence-corrected chi connectivity index (χ0v) is 15.2. The summed E-state index contributed by atoms with van der Waals surface area (Å²) in [6, 6.07) is 9.99. The molecule has 6 nitrogen and oxygen atoms in total. The summed E-state index contributed by atoms with van der Waals surface area (Å²) in [6.07, 6.45) is -0.0470. The lowest BCUT2D eigenvalue weighted by atomic mass is 10.1. The van der Waals surface area contributed by atoms with Gasteiger partial charge in [0.15, 0.2) is 0 Å². The molecule has 1 aliphatic rings. The van der Waals surface area contributed by atoms with E-state index in [2.05, 4.69) is 10.6 Å². The lowest BCUT2D eigenvalue weighted by Crippen LogP contribution is -2.32. The maximum Gasteiger partial charge on any atom is 0.227 e. The van der Waals surface area contributed by atoms with E-state index in [1.807, 2.05) is 0 Å². The van der Waals surface area contributed by atoms with Gasteiger partial charge in [0.2, 0.25) is 17.7 Å². The van der Waals surface area contributed by atoms with Crippen molar-refractivity contribution in [1.29, 1.82) is 0 Å². The molecule has 0 aromatic heterocycles. The van der Waals surface area contributed by atoms with Crippen LogP contribution in [0.25, 0.3) is 0 Å². The third-order valence-electron chi connectivity index (χ3n) is 4.41. The second-order valence-electron chi connectivity index (χ2n) is 6.60. The molecule has 3 amide bonds. The van der Waals surface area contributed by atoms with Crippen LogP contribution in [0.2, 0.25) is 0 Å². The number of halogens is 2. The zero-order chi connectivity index (χ0) is 20.3. The number of nitrogens with zero attached hydrogens (tertiary/aromatic N) is 1. The Balaban J connectivity index is 1.61. The largest absolute Gasteiger partial charge is 0.352 e. The summed E-state index contributed by atoms with van der Waals surface area (Å²) < 4.78 is 27.0. The molecule has 28 heavy (non-hydrogen) atoms. The van der Waals surface area contributed by atoms with Crippen LogP contribution in [-0.4, -0.2) is 24.3 Å². The Hall–Kier alpha value is -3.29. The fourth-order valence-corrected chi connectivity index (χ4v) is 3.11. The number of hydrogen-bond donors (Lipinski definition) is 2. The molecule has 146 valence electrons. The van der Waals surface area contributed by atoms with Gasteiger partial charge in [-0.3, -0.25) is 14.4 Å². The third-order valence-corrected chi connectivity index (χ3v) is 4.41. The van der Waals surface area contributed by atoms with Crippen LogP contribution in [0.5, 0.6) is 0 Å². The highest BCUT2D eigenvalue weighted by Crippen LogP contribution is 2.28. The van der Waals surface area contributed by atoms with Crippen LogP contribution in [0.4, 0.5) is 20.2 Å². The first-order chi connectivity index (χ1) is 13.3. The molecule has 0 saturated carbocycles. The summed E-state index contributed by atoms with van der Waals surface area (Å²) in [7, 11) is 0. The second-order valence-corrected chi connectivity index (χ2v) is 6.60. The van der Waals surface area contributed by atoms with Gasteiger partial charge in [-0.25, -0.2) is 8.78 Å². The van der Waals surface area contributed by atoms with Crippen molar-refractivity contribution in [1.82, 2.24) is 5.32 Å². The summed E-state index contributed by atoms with van der Waals surface area (Å²) >= 11 is 0. The van der Waals surface area contributed by atoms with Gasteiger partial charge in [0.05, 0.1) is 11.6 Å². The first-order valence-electron chi connectivity index (χ1n) is 8.73. The molecule has 1 heterocycles. The second kappa shape index (κ2) is 8.16. The third kappa shape index (κ3) is 4.51. The topological polar surface area (TPSA) is 78.5 Å². The fraction of sp³-hybridized carbons (Fsp3) is 0.250. The molecule has 8 heteroatoms. The number of carbonyl (C=O) groups excluding carboxylic acids is 3. The van der Waals surface area contributed by atoms with Crippen LogP contribution >= 0.6 is 0 Å². The molecular formula is C20H19F2N3O3. The van der Waals surface area contributed by atoms with Gasteiger partial charge in [-0.1, -0.05) is 12.1 Å². The average molecular weight is 387 g/mol. The molecule has 1 saturated heterocycles. The van der Waals surface area contributed by atoms with E-state index in [1.54, 1.807) is 24.3 Å². The number of nitrogens with one attached hydrogen (secondary N) is 2. The number of anilines is 2. The van der Waals surface area contributed by atoms with Crippen LogP contribution in [-0.2, 0) is 20.9 Å². The molecule has 0 radical (unpaired) electrons. The van der Waals surface area contributed by atoms with Crippen LogP contribution in [0.15, 0.2) is 42.5 Å². The minimum Gasteiger partial charge on any atom is -0.352 e. The van der Waals surface area contributed by atoms with Crippen molar-refractivity contribution >= 4 is 29.1 Å². The minimum absolute atomic E-state index is 0.0269. The van der Waals surface area contributed by atoms with E-state index in [9.17, 15) is 23.2 Å². The van der Waals surface area contributed by atoms with Gasteiger partial charge in [0.25, 0.3) is 0 Å². The van der Waals surface area contributed by atoms with Crippen molar-refractivity contribution in [2.45, 2.75) is 19.9 Å². The monoisotopic (exact) mass is 387 g/mol. The Morgan fingerprint density at radius 3 is 2.68 bits per heavy atom. The van der Waals surface area contributed by atoms with E-state index in [1.165, 1.54) is 13.0 Å². The van der Waals surface area contributed by atoms with Gasteiger partial charge in [0.1, 0.15) is 11.6 Å². The lowest BCUT2D eigenvalue weighted by molar-refractivity contribution is -0.126. The van der Waals surface area contributed by atoms with Crippen LogP contribution in [0.3, 0.4) is 0 Å². The van der Waals surface area contributed by atoms with Gasteiger partial charge in [-0.05, 0) is 29.8 Å². The van der Waals surface area contributed by atoms with Crippen LogP contribution in [0.1, 0.15) is 18.9 Å². The Labute approximate surface area is 160 Å². The summed E-state index contributed by atoms with van der Waals surface area (Å²) in [6.45, 7) is 1.66. The van der Waals surface area contributed by atoms with Gasteiger partial charge < -0.3 is 15.5 Å². The highest BCUT2D eigenvalue weighted by molar-refractivity contribution is 6.00. The molecule has 1 atom stereocenters. The van der Waals surface area contributed by atoms with E-state index >= 15 is 0 Å². The molecule has 1 aliphatic heterocycles. The number of carbonyl (C=O) groups is 3. The number of amides is 3. The van der Waals surface area contributed by atoms with Gasteiger partial charge in [-0.15, -0.1) is 0 Å². The van der Waals surface area contributed by atoms with Crippen molar-refractivity contribution in [3.05, 3.63) is 59.7 Å². The SMILES string of the molecule is CC(=O)Nc1cccc(CNC(=O)C2CC(=O)N(c3ccc(F)cc3F)C2)c1. The van der Waals surface area contributed by atoms with E-state index in [4.69, 9.17) is 0 Å². The first-order valence-corrected chi connectivity index (χ1v) is 8.73. The fourth-order valence-electron chi connectivity index (χ4n) is 3.11. The Bertz CT molecular complexity index is 933. The average Bonchev–Trinajstić information content (AvgIpc) is 3.01. The van der Waals surface area contributed by atoms with Gasteiger partial charge >= 0.3 is 0 Å².